The molecule has 0 unspecified atom stereocenters. The number of hydrogen-bond acceptors (Lipinski definition) is 4. The van der Waals surface area contributed by atoms with Crippen molar-refractivity contribution in [1.82, 2.24) is 9.97 Å². The summed E-state index contributed by atoms with van der Waals surface area (Å²) in [6.07, 6.45) is 3.57. The Bertz CT molecular complexity index is 499. The molecule has 0 amide bonds. The molecule has 0 aliphatic heterocycles. The van der Waals surface area contributed by atoms with Gasteiger partial charge in [0, 0.05) is 18.5 Å². The molecule has 0 aliphatic carbocycles. The zero-order chi connectivity index (χ0) is 12.6. The van der Waals surface area contributed by atoms with Gasteiger partial charge in [-0.1, -0.05) is 48.2 Å². The molecule has 1 N–H and O–H groups in total. The topological polar surface area (TPSA) is 37.8 Å². The lowest BCUT2D eigenvalue weighted by Gasteiger charge is -2.04. The van der Waals surface area contributed by atoms with Crippen molar-refractivity contribution < 1.29 is 0 Å². The van der Waals surface area contributed by atoms with Gasteiger partial charge in [-0.3, -0.25) is 0 Å². The third kappa shape index (κ3) is 3.89. The van der Waals surface area contributed by atoms with E-state index in [0.29, 0.717) is 6.54 Å². The first-order valence-electron chi connectivity index (χ1n) is 5.73. The Hall–Kier alpha value is -1.81. The molecule has 0 saturated carbocycles. The molecule has 1 aromatic carbocycles. The van der Waals surface area contributed by atoms with Crippen LogP contribution in [0.5, 0.6) is 0 Å². The fourth-order valence-electron chi connectivity index (χ4n) is 1.41. The van der Waals surface area contributed by atoms with E-state index in [1.54, 1.807) is 24.0 Å². The quantitative estimate of drug-likeness (QED) is 0.489. The Kier molecular flexibility index (Phi) is 4.78. The number of hydrogen-bond donors (Lipinski definition) is 1. The minimum absolute atomic E-state index is 0.708. The zero-order valence-corrected chi connectivity index (χ0v) is 10.9. The van der Waals surface area contributed by atoms with Crippen LogP contribution in [0, 0.1) is 0 Å². The minimum Gasteiger partial charge on any atom is -0.366 e. The highest BCUT2D eigenvalue weighted by molar-refractivity contribution is 7.98. The summed E-state index contributed by atoms with van der Waals surface area (Å²) in [7, 11) is 0. The molecule has 0 radical (unpaired) electrons. The predicted molar refractivity (Wildman–Crippen MR) is 76.7 cm³/mol. The molecule has 2 rings (SSSR count). The Morgan fingerprint density at radius 3 is 2.83 bits per heavy atom. The van der Waals surface area contributed by atoms with Gasteiger partial charge >= 0.3 is 0 Å². The van der Waals surface area contributed by atoms with Gasteiger partial charge in [-0.25, -0.2) is 9.97 Å². The molecule has 18 heavy (non-hydrogen) atoms. The van der Waals surface area contributed by atoms with Crippen molar-refractivity contribution in [2.75, 3.05) is 11.9 Å². The van der Waals surface area contributed by atoms with Gasteiger partial charge in [0.2, 0.25) is 0 Å². The lowest BCUT2D eigenvalue weighted by atomic mass is 10.2. The van der Waals surface area contributed by atoms with Crippen LogP contribution < -0.4 is 5.32 Å². The maximum absolute atomic E-state index is 4.42. The van der Waals surface area contributed by atoms with Crippen molar-refractivity contribution in [3.63, 3.8) is 0 Å². The predicted octanol–water partition coefficient (Wildman–Crippen LogP) is 3.37. The Morgan fingerprint density at radius 1 is 1.22 bits per heavy atom. The molecule has 0 atom stereocenters. The van der Waals surface area contributed by atoms with E-state index in [0.717, 1.165) is 16.7 Å². The van der Waals surface area contributed by atoms with Crippen LogP contribution in [0.2, 0.25) is 0 Å². The molecule has 3 nitrogen and oxygen atoms in total. The van der Waals surface area contributed by atoms with Crippen molar-refractivity contribution in [1.29, 1.82) is 0 Å². The van der Waals surface area contributed by atoms with Gasteiger partial charge in [-0.15, -0.1) is 6.58 Å². The van der Waals surface area contributed by atoms with Crippen molar-refractivity contribution in [3.8, 4) is 0 Å². The van der Waals surface area contributed by atoms with Crippen LogP contribution in [0.15, 0.2) is 60.4 Å². The van der Waals surface area contributed by atoms with E-state index in [2.05, 4.69) is 34.0 Å². The van der Waals surface area contributed by atoms with Crippen LogP contribution in [0.25, 0.3) is 0 Å². The van der Waals surface area contributed by atoms with Crippen LogP contribution in [-0.4, -0.2) is 16.5 Å². The van der Waals surface area contributed by atoms with E-state index in [9.17, 15) is 0 Å². The third-order valence-corrected chi connectivity index (χ3v) is 3.20. The molecule has 2 aromatic rings. The first-order valence-corrected chi connectivity index (χ1v) is 6.71. The Morgan fingerprint density at radius 2 is 2.06 bits per heavy atom. The van der Waals surface area contributed by atoms with Gasteiger partial charge in [0.25, 0.3) is 0 Å². The summed E-state index contributed by atoms with van der Waals surface area (Å²) in [6, 6.07) is 12.2. The summed E-state index contributed by atoms with van der Waals surface area (Å²) >= 11 is 1.63. The zero-order valence-electron chi connectivity index (χ0n) is 10.0. The molecule has 92 valence electrons. The molecular weight excluding hydrogens is 242 g/mol. The number of benzene rings is 1. The van der Waals surface area contributed by atoms with Crippen LogP contribution in [0.4, 0.5) is 5.82 Å². The maximum atomic E-state index is 4.42. The molecule has 1 heterocycles. The summed E-state index contributed by atoms with van der Waals surface area (Å²) in [4.78, 5) is 8.67. The second-order valence-electron chi connectivity index (χ2n) is 3.67. The van der Waals surface area contributed by atoms with E-state index >= 15 is 0 Å². The molecule has 0 bridgehead atoms. The van der Waals surface area contributed by atoms with Crippen molar-refractivity contribution in [2.45, 2.75) is 10.9 Å². The van der Waals surface area contributed by atoms with Crippen LogP contribution in [0.1, 0.15) is 5.56 Å². The molecule has 4 heteroatoms. The number of thioether (sulfide) groups is 1. The second-order valence-corrected chi connectivity index (χ2v) is 4.61. The van der Waals surface area contributed by atoms with Crippen molar-refractivity contribution >= 4 is 17.6 Å². The SMILES string of the molecule is C=CCNc1ccnc(SCc2ccccc2)n1. The number of anilines is 1. The fraction of sp³-hybridized carbons (Fsp3) is 0.143. The van der Waals surface area contributed by atoms with Gasteiger partial charge in [-0.2, -0.15) is 0 Å². The van der Waals surface area contributed by atoms with Gasteiger partial charge in [0.05, 0.1) is 0 Å². The van der Waals surface area contributed by atoms with E-state index in [-0.39, 0.29) is 0 Å². The molecule has 0 spiro atoms. The summed E-state index contributed by atoms with van der Waals surface area (Å²) in [6.45, 7) is 4.37. The summed E-state index contributed by atoms with van der Waals surface area (Å²) in [5.74, 6) is 1.71. The fourth-order valence-corrected chi connectivity index (χ4v) is 2.19. The maximum Gasteiger partial charge on any atom is 0.189 e. The smallest absolute Gasteiger partial charge is 0.189 e. The highest BCUT2D eigenvalue weighted by atomic mass is 32.2. The summed E-state index contributed by atoms with van der Waals surface area (Å²) < 4.78 is 0. The van der Waals surface area contributed by atoms with Gasteiger partial charge in [0.1, 0.15) is 5.82 Å². The first kappa shape index (κ1) is 12.6. The highest BCUT2D eigenvalue weighted by Gasteiger charge is 2.00. The van der Waals surface area contributed by atoms with Gasteiger partial charge < -0.3 is 5.32 Å². The van der Waals surface area contributed by atoms with Gasteiger partial charge in [-0.05, 0) is 11.6 Å². The molecule has 0 saturated heterocycles. The lowest BCUT2D eigenvalue weighted by molar-refractivity contribution is 0.964. The standard InChI is InChI=1S/C14H15N3S/c1-2-9-15-13-8-10-16-14(17-13)18-11-12-6-4-3-5-7-12/h2-8,10H,1,9,11H2,(H,15,16,17). The third-order valence-electron chi connectivity index (χ3n) is 2.27. The average molecular weight is 257 g/mol. The van der Waals surface area contributed by atoms with E-state index in [1.165, 1.54) is 5.56 Å². The number of nitrogens with zero attached hydrogens (tertiary/aromatic N) is 2. The Labute approximate surface area is 111 Å². The highest BCUT2D eigenvalue weighted by Crippen LogP contribution is 2.19. The second kappa shape index (κ2) is 6.81. The van der Waals surface area contributed by atoms with Gasteiger partial charge in [0.15, 0.2) is 5.16 Å². The first-order chi connectivity index (χ1) is 8.88. The van der Waals surface area contributed by atoms with Crippen LogP contribution in [0.3, 0.4) is 0 Å². The van der Waals surface area contributed by atoms with Crippen LogP contribution in [-0.2, 0) is 5.75 Å². The van der Waals surface area contributed by atoms with E-state index < -0.39 is 0 Å². The molecule has 0 aliphatic rings. The van der Waals surface area contributed by atoms with Crippen molar-refractivity contribution in [3.05, 3.63) is 60.8 Å². The minimum atomic E-state index is 0.708. The largest absolute Gasteiger partial charge is 0.366 e. The number of aromatic nitrogens is 2. The van der Waals surface area contributed by atoms with E-state index in [1.807, 2.05) is 24.3 Å². The average Bonchev–Trinajstić information content (AvgIpc) is 2.44. The molecular formula is C14H15N3S. The molecule has 0 fully saturated rings. The normalized spacial score (nSPS) is 10.0. The summed E-state index contributed by atoms with van der Waals surface area (Å²) in [5.41, 5.74) is 1.27. The van der Waals surface area contributed by atoms with Crippen molar-refractivity contribution in [2.24, 2.45) is 0 Å². The number of rotatable bonds is 6. The lowest BCUT2D eigenvalue weighted by Crippen LogP contribution is -2.01. The molecule has 1 aromatic heterocycles. The Balaban J connectivity index is 1.95. The monoisotopic (exact) mass is 257 g/mol. The summed E-state index contributed by atoms with van der Waals surface area (Å²) in [5, 5.41) is 3.94. The number of nitrogens with one attached hydrogen (secondary N) is 1. The van der Waals surface area contributed by atoms with E-state index in [4.69, 9.17) is 0 Å². The van der Waals surface area contributed by atoms with Crippen LogP contribution >= 0.6 is 11.8 Å².